The van der Waals surface area contributed by atoms with E-state index in [0.29, 0.717) is 25.6 Å². The van der Waals surface area contributed by atoms with Crippen molar-refractivity contribution in [2.24, 2.45) is 5.92 Å². The number of aryl methyl sites for hydroxylation is 2. The number of benzene rings is 1. The topological polar surface area (TPSA) is 43.9 Å². The lowest BCUT2D eigenvalue weighted by atomic mass is 10.1. The summed E-state index contributed by atoms with van der Waals surface area (Å²) in [7, 11) is 0. The number of piperazine rings is 1. The molecule has 2 saturated heterocycles. The molecule has 1 aromatic carbocycles. The average molecular weight is 355 g/mol. The smallest absolute Gasteiger partial charge is 0.246 e. The van der Waals surface area contributed by atoms with E-state index in [9.17, 15) is 9.59 Å². The minimum atomic E-state index is 0.0230. The number of hydrogen-bond acceptors (Lipinski definition) is 3. The van der Waals surface area contributed by atoms with Gasteiger partial charge in [-0.1, -0.05) is 6.07 Å². The van der Waals surface area contributed by atoms with Gasteiger partial charge in [0.05, 0.1) is 0 Å². The van der Waals surface area contributed by atoms with Crippen LogP contribution in [0.5, 0.6) is 0 Å². The Morgan fingerprint density at radius 3 is 2.50 bits per heavy atom. The molecular formula is C21H29N3O2. The van der Waals surface area contributed by atoms with Crippen LogP contribution in [-0.4, -0.2) is 60.4 Å². The molecule has 0 radical (unpaired) electrons. The third-order valence-electron chi connectivity index (χ3n) is 6.23. The summed E-state index contributed by atoms with van der Waals surface area (Å²) in [5, 5.41) is 0. The second kappa shape index (κ2) is 7.03. The van der Waals surface area contributed by atoms with Crippen molar-refractivity contribution in [2.45, 2.75) is 45.6 Å². The molecule has 2 amide bonds. The molecule has 1 aromatic rings. The SMILES string of the molecule is Cc1cc(C)cc(N2CCN(C(=O)CCN3C[C@@H]4CC[C@H]3C4)CC2=O)c1. The van der Waals surface area contributed by atoms with Gasteiger partial charge in [0.1, 0.15) is 6.54 Å². The lowest BCUT2D eigenvalue weighted by molar-refractivity contribution is -0.137. The van der Waals surface area contributed by atoms with Gasteiger partial charge in [-0.15, -0.1) is 0 Å². The molecule has 26 heavy (non-hydrogen) atoms. The number of carbonyl (C=O) groups excluding carboxylic acids is 2. The predicted molar refractivity (Wildman–Crippen MR) is 102 cm³/mol. The quantitative estimate of drug-likeness (QED) is 0.833. The van der Waals surface area contributed by atoms with Crippen LogP contribution in [-0.2, 0) is 9.59 Å². The summed E-state index contributed by atoms with van der Waals surface area (Å²) in [5.41, 5.74) is 3.27. The van der Waals surface area contributed by atoms with E-state index in [2.05, 4.69) is 11.0 Å². The van der Waals surface area contributed by atoms with Crippen LogP contribution in [0.3, 0.4) is 0 Å². The van der Waals surface area contributed by atoms with Gasteiger partial charge in [-0.3, -0.25) is 14.5 Å². The predicted octanol–water partition coefficient (Wildman–Crippen LogP) is 2.35. The summed E-state index contributed by atoms with van der Waals surface area (Å²) in [6, 6.07) is 6.91. The molecule has 3 aliphatic rings. The van der Waals surface area contributed by atoms with Crippen molar-refractivity contribution in [1.82, 2.24) is 9.80 Å². The van der Waals surface area contributed by atoms with Gasteiger partial charge in [-0.05, 0) is 62.3 Å². The lowest BCUT2D eigenvalue weighted by Gasteiger charge is -2.35. The summed E-state index contributed by atoms with van der Waals surface area (Å²) in [6.45, 7) is 7.53. The highest BCUT2D eigenvalue weighted by Crippen LogP contribution is 2.37. The van der Waals surface area contributed by atoms with Gasteiger partial charge in [0.15, 0.2) is 0 Å². The highest BCUT2D eigenvalue weighted by atomic mass is 16.2. The van der Waals surface area contributed by atoms with E-state index in [1.54, 1.807) is 4.90 Å². The standard InChI is InChI=1S/C21H29N3O2/c1-15-9-16(2)11-19(10-15)24-8-7-23(14-21(24)26)20(25)5-6-22-13-17-3-4-18(22)12-17/h9-11,17-18H,3-8,12-14H2,1-2H3/t17-,18+/m1/s1. The second-order valence-corrected chi connectivity index (χ2v) is 8.28. The van der Waals surface area contributed by atoms with Gasteiger partial charge >= 0.3 is 0 Å². The Labute approximate surface area is 155 Å². The van der Waals surface area contributed by atoms with Crippen LogP contribution in [0.1, 0.15) is 36.8 Å². The van der Waals surface area contributed by atoms with E-state index in [1.165, 1.54) is 19.3 Å². The van der Waals surface area contributed by atoms with E-state index in [4.69, 9.17) is 0 Å². The fourth-order valence-electron chi connectivity index (χ4n) is 4.96. The van der Waals surface area contributed by atoms with Gasteiger partial charge in [0.25, 0.3) is 0 Å². The molecule has 2 bridgehead atoms. The summed E-state index contributed by atoms with van der Waals surface area (Å²) in [6.07, 6.45) is 4.53. The molecule has 1 aliphatic carbocycles. The third-order valence-corrected chi connectivity index (χ3v) is 6.23. The number of amides is 2. The van der Waals surface area contributed by atoms with Crippen molar-refractivity contribution in [1.29, 1.82) is 0 Å². The van der Waals surface area contributed by atoms with Crippen molar-refractivity contribution in [3.63, 3.8) is 0 Å². The molecule has 5 heteroatoms. The molecular weight excluding hydrogens is 326 g/mol. The summed E-state index contributed by atoms with van der Waals surface area (Å²) in [5.74, 6) is 1.01. The number of fused-ring (bicyclic) bond motifs is 2. The van der Waals surface area contributed by atoms with Crippen molar-refractivity contribution in [3.8, 4) is 0 Å². The van der Waals surface area contributed by atoms with Crippen molar-refractivity contribution < 1.29 is 9.59 Å². The van der Waals surface area contributed by atoms with Crippen molar-refractivity contribution in [2.75, 3.05) is 37.6 Å². The summed E-state index contributed by atoms with van der Waals surface area (Å²) in [4.78, 5) is 31.3. The van der Waals surface area contributed by atoms with Crippen molar-refractivity contribution in [3.05, 3.63) is 29.3 Å². The molecule has 140 valence electrons. The number of nitrogens with zero attached hydrogens (tertiary/aromatic N) is 3. The van der Waals surface area contributed by atoms with E-state index in [0.717, 1.165) is 35.8 Å². The Morgan fingerprint density at radius 2 is 1.88 bits per heavy atom. The first-order valence-electron chi connectivity index (χ1n) is 9.90. The van der Waals surface area contributed by atoms with Gasteiger partial charge in [-0.2, -0.15) is 0 Å². The minimum Gasteiger partial charge on any atom is -0.332 e. The van der Waals surface area contributed by atoms with Crippen LogP contribution in [0.2, 0.25) is 0 Å². The van der Waals surface area contributed by atoms with Crippen LogP contribution in [0.15, 0.2) is 18.2 Å². The third kappa shape index (κ3) is 3.50. The fraction of sp³-hybridized carbons (Fsp3) is 0.619. The number of carbonyl (C=O) groups is 2. The molecule has 4 rings (SSSR count). The number of anilines is 1. The summed E-state index contributed by atoms with van der Waals surface area (Å²) >= 11 is 0. The van der Waals surface area contributed by atoms with Gasteiger partial charge in [-0.25, -0.2) is 0 Å². The van der Waals surface area contributed by atoms with Crippen LogP contribution in [0.4, 0.5) is 5.69 Å². The monoisotopic (exact) mass is 355 g/mol. The Hall–Kier alpha value is -1.88. The maximum absolute atomic E-state index is 12.6. The molecule has 3 fully saturated rings. The zero-order valence-electron chi connectivity index (χ0n) is 15.9. The minimum absolute atomic E-state index is 0.0230. The Kier molecular flexibility index (Phi) is 4.74. The lowest BCUT2D eigenvalue weighted by Crippen LogP contribution is -2.53. The maximum Gasteiger partial charge on any atom is 0.246 e. The van der Waals surface area contributed by atoms with Crippen molar-refractivity contribution >= 4 is 17.5 Å². The first-order chi connectivity index (χ1) is 12.5. The molecule has 0 unspecified atom stereocenters. The molecule has 2 aliphatic heterocycles. The summed E-state index contributed by atoms with van der Waals surface area (Å²) < 4.78 is 0. The van der Waals surface area contributed by atoms with Gasteiger partial charge < -0.3 is 9.80 Å². The zero-order valence-corrected chi connectivity index (χ0v) is 15.9. The zero-order chi connectivity index (χ0) is 18.3. The maximum atomic E-state index is 12.6. The molecule has 0 N–H and O–H groups in total. The molecule has 0 spiro atoms. The Morgan fingerprint density at radius 1 is 1.12 bits per heavy atom. The first-order valence-corrected chi connectivity index (χ1v) is 9.90. The Balaban J connectivity index is 1.31. The van der Waals surface area contributed by atoms with Gasteiger partial charge in [0.2, 0.25) is 11.8 Å². The van der Waals surface area contributed by atoms with E-state index < -0.39 is 0 Å². The second-order valence-electron chi connectivity index (χ2n) is 8.28. The molecule has 5 nitrogen and oxygen atoms in total. The van der Waals surface area contributed by atoms with Crippen LogP contribution < -0.4 is 4.90 Å². The van der Waals surface area contributed by atoms with Crippen LogP contribution >= 0.6 is 0 Å². The number of rotatable bonds is 4. The number of hydrogen-bond donors (Lipinski definition) is 0. The highest BCUT2D eigenvalue weighted by Gasteiger charge is 2.37. The van der Waals surface area contributed by atoms with E-state index in [-0.39, 0.29) is 18.4 Å². The highest BCUT2D eigenvalue weighted by molar-refractivity contribution is 5.98. The number of likely N-dealkylation sites (tertiary alicyclic amines) is 1. The Bertz CT molecular complexity index is 697. The molecule has 2 atom stereocenters. The van der Waals surface area contributed by atoms with Crippen LogP contribution in [0.25, 0.3) is 0 Å². The van der Waals surface area contributed by atoms with E-state index >= 15 is 0 Å². The normalized spacial score (nSPS) is 26.0. The molecule has 1 saturated carbocycles. The average Bonchev–Trinajstić information content (AvgIpc) is 3.21. The molecule has 2 heterocycles. The van der Waals surface area contributed by atoms with E-state index in [1.807, 2.05) is 30.9 Å². The first kappa shape index (κ1) is 17.5. The van der Waals surface area contributed by atoms with Gasteiger partial charge in [0, 0.05) is 44.3 Å². The van der Waals surface area contributed by atoms with Crippen LogP contribution in [0, 0.1) is 19.8 Å². The number of piperidine rings is 1. The largest absolute Gasteiger partial charge is 0.332 e. The fourth-order valence-corrected chi connectivity index (χ4v) is 4.96. The molecule has 0 aromatic heterocycles.